The van der Waals surface area contributed by atoms with E-state index < -0.39 is 11.4 Å². The summed E-state index contributed by atoms with van der Waals surface area (Å²) in [6, 6.07) is 5.80. The van der Waals surface area contributed by atoms with E-state index in [9.17, 15) is 4.55 Å². The van der Waals surface area contributed by atoms with Crippen molar-refractivity contribution in [2.24, 2.45) is 0 Å². The van der Waals surface area contributed by atoms with Crippen molar-refractivity contribution in [3.8, 4) is 5.75 Å². The number of nitrogens with one attached hydrogen (secondary N) is 1. The molecular weight excluding hydrogens is 314 g/mol. The number of benzene rings is 1. The second-order valence-corrected chi connectivity index (χ2v) is 7.94. The second kappa shape index (κ2) is 6.28. The molecule has 0 aliphatic heterocycles. The average molecular weight is 334 g/mol. The van der Waals surface area contributed by atoms with E-state index in [1.54, 1.807) is 7.11 Å². The van der Waals surface area contributed by atoms with Gasteiger partial charge < -0.3 is 9.29 Å². The molecule has 1 aromatic rings. The van der Waals surface area contributed by atoms with Gasteiger partial charge in [0.2, 0.25) is 0 Å². The van der Waals surface area contributed by atoms with Gasteiger partial charge in [-0.3, -0.25) is 0 Å². The third-order valence-corrected chi connectivity index (χ3v) is 4.81. The molecule has 1 rings (SSSR count). The third-order valence-electron chi connectivity index (χ3n) is 2.51. The van der Waals surface area contributed by atoms with Gasteiger partial charge in [0.25, 0.3) is 0 Å². The van der Waals surface area contributed by atoms with Crippen LogP contribution in [0.2, 0.25) is 0 Å². The normalized spacial score (nSPS) is 15.3. The average Bonchev–Trinajstić information content (AvgIpc) is 2.27. The topological polar surface area (TPSA) is 44.3 Å². The molecule has 2 atom stereocenters. The fourth-order valence-electron chi connectivity index (χ4n) is 1.48. The third kappa shape index (κ3) is 3.88. The number of ether oxygens (including phenoxy) is 1. The van der Waals surface area contributed by atoms with Gasteiger partial charge >= 0.3 is 0 Å². The van der Waals surface area contributed by atoms with Crippen molar-refractivity contribution in [1.82, 2.24) is 4.72 Å². The Kier molecular flexibility index (Phi) is 5.52. The Morgan fingerprint density at radius 3 is 2.50 bits per heavy atom. The molecule has 0 bridgehead atoms. The summed E-state index contributed by atoms with van der Waals surface area (Å²) in [6.45, 7) is 7.82. The summed E-state index contributed by atoms with van der Waals surface area (Å²) >= 11 is 2.35. The number of hydrogen-bond donors (Lipinski definition) is 1. The second-order valence-electron chi connectivity index (χ2n) is 5.08. The summed E-state index contributed by atoms with van der Waals surface area (Å²) in [4.78, 5) is 0. The molecule has 0 fully saturated rings. The van der Waals surface area contributed by atoms with Gasteiger partial charge in [0, 0.05) is 16.9 Å². The van der Waals surface area contributed by atoms with Crippen LogP contribution in [0.25, 0.3) is 0 Å². The maximum atomic E-state index is 12.1. The first-order valence-electron chi connectivity index (χ1n) is 5.77. The summed E-state index contributed by atoms with van der Waals surface area (Å²) in [6.07, 6.45) is 0. The predicted molar refractivity (Wildman–Crippen MR) is 80.1 cm³/mol. The molecule has 18 heavy (non-hydrogen) atoms. The van der Waals surface area contributed by atoms with E-state index in [4.69, 9.17) is 4.74 Å². The molecule has 1 aromatic carbocycles. The molecule has 0 heterocycles. The highest BCUT2D eigenvalue weighted by molar-refractivity contribution is 9.10. The van der Waals surface area contributed by atoms with E-state index in [1.165, 1.54) is 0 Å². The SMILES string of the molecule is COc1c(Br)cccc1[C@@H](C)N[S+]([O-])C(C)(C)C. The van der Waals surface area contributed by atoms with Crippen LogP contribution in [0.15, 0.2) is 22.7 Å². The first kappa shape index (κ1) is 15.8. The van der Waals surface area contributed by atoms with Crippen molar-refractivity contribution in [2.45, 2.75) is 38.5 Å². The Bertz CT molecular complexity index is 406. The van der Waals surface area contributed by atoms with Gasteiger partial charge in [-0.15, -0.1) is 4.72 Å². The zero-order valence-electron chi connectivity index (χ0n) is 11.4. The van der Waals surface area contributed by atoms with Gasteiger partial charge in [-0.1, -0.05) is 12.1 Å². The number of rotatable bonds is 4. The fraction of sp³-hybridized carbons (Fsp3) is 0.538. The molecule has 0 saturated heterocycles. The van der Waals surface area contributed by atoms with Crippen LogP contribution in [0, 0.1) is 0 Å². The minimum atomic E-state index is -1.11. The lowest BCUT2D eigenvalue weighted by molar-refractivity contribution is 0.402. The Morgan fingerprint density at radius 2 is 2.00 bits per heavy atom. The molecule has 5 heteroatoms. The predicted octanol–water partition coefficient (Wildman–Crippen LogP) is 3.57. The molecule has 1 N–H and O–H groups in total. The van der Waals surface area contributed by atoms with Crippen LogP contribution in [-0.4, -0.2) is 16.4 Å². The lowest BCUT2D eigenvalue weighted by atomic mass is 10.1. The molecular formula is C13H20BrNO2S. The van der Waals surface area contributed by atoms with Crippen LogP contribution in [0.4, 0.5) is 0 Å². The Hall–Kier alpha value is -0.230. The van der Waals surface area contributed by atoms with Gasteiger partial charge in [-0.25, -0.2) is 0 Å². The molecule has 0 saturated carbocycles. The molecule has 0 amide bonds. The molecule has 1 unspecified atom stereocenters. The molecule has 102 valence electrons. The lowest BCUT2D eigenvalue weighted by Crippen LogP contribution is -2.40. The van der Waals surface area contributed by atoms with E-state index in [1.807, 2.05) is 45.9 Å². The fourth-order valence-corrected chi connectivity index (χ4v) is 2.83. The van der Waals surface area contributed by atoms with Crippen molar-refractivity contribution >= 4 is 27.3 Å². The van der Waals surface area contributed by atoms with Crippen molar-refractivity contribution in [3.63, 3.8) is 0 Å². The van der Waals surface area contributed by atoms with Gasteiger partial charge in [0.05, 0.1) is 17.6 Å². The van der Waals surface area contributed by atoms with Gasteiger partial charge in [0.15, 0.2) is 0 Å². The summed E-state index contributed by atoms with van der Waals surface area (Å²) in [5.74, 6) is 0.781. The van der Waals surface area contributed by atoms with Crippen LogP contribution in [-0.2, 0) is 11.4 Å². The number of para-hydroxylation sites is 1. The molecule has 0 aliphatic rings. The molecule has 0 spiro atoms. The van der Waals surface area contributed by atoms with Crippen molar-refractivity contribution in [2.75, 3.05) is 7.11 Å². The minimum absolute atomic E-state index is 0.0440. The van der Waals surface area contributed by atoms with Crippen LogP contribution in [0.1, 0.15) is 39.3 Å². The van der Waals surface area contributed by atoms with Gasteiger partial charge in [-0.05, 0) is 49.7 Å². The molecule has 0 aromatic heterocycles. The molecule has 3 nitrogen and oxygen atoms in total. The highest BCUT2D eigenvalue weighted by Gasteiger charge is 2.29. The van der Waals surface area contributed by atoms with E-state index in [2.05, 4.69) is 20.7 Å². The first-order chi connectivity index (χ1) is 8.27. The Morgan fingerprint density at radius 1 is 1.39 bits per heavy atom. The molecule has 0 radical (unpaired) electrons. The zero-order chi connectivity index (χ0) is 13.9. The van der Waals surface area contributed by atoms with Crippen LogP contribution < -0.4 is 9.46 Å². The van der Waals surface area contributed by atoms with Crippen molar-refractivity contribution < 1.29 is 9.29 Å². The first-order valence-corrected chi connectivity index (χ1v) is 7.72. The van der Waals surface area contributed by atoms with E-state index >= 15 is 0 Å². The number of hydrogen-bond acceptors (Lipinski definition) is 3. The van der Waals surface area contributed by atoms with Crippen LogP contribution in [0.3, 0.4) is 0 Å². The highest BCUT2D eigenvalue weighted by atomic mass is 79.9. The zero-order valence-corrected chi connectivity index (χ0v) is 13.8. The monoisotopic (exact) mass is 333 g/mol. The minimum Gasteiger partial charge on any atom is -0.598 e. The largest absolute Gasteiger partial charge is 0.598 e. The smallest absolute Gasteiger partial charge is 0.137 e. The van der Waals surface area contributed by atoms with Crippen LogP contribution >= 0.6 is 15.9 Å². The number of methoxy groups -OCH3 is 1. The maximum absolute atomic E-state index is 12.1. The van der Waals surface area contributed by atoms with E-state index in [0.29, 0.717) is 0 Å². The summed E-state index contributed by atoms with van der Waals surface area (Å²) < 4.78 is 21.2. The lowest BCUT2D eigenvalue weighted by Gasteiger charge is -2.27. The standard InChI is InChI=1S/C13H20BrNO2S/c1-9(15-18(16)13(2,3)4)10-7-6-8-11(14)12(10)17-5/h6-9,15H,1-5H3/t9-,18?/m1/s1. The quantitative estimate of drug-likeness (QED) is 0.856. The maximum Gasteiger partial charge on any atom is 0.137 e. The van der Waals surface area contributed by atoms with Gasteiger partial charge in [0.1, 0.15) is 10.5 Å². The molecule has 0 aliphatic carbocycles. The summed E-state index contributed by atoms with van der Waals surface area (Å²) in [5, 5.41) is 0. The van der Waals surface area contributed by atoms with E-state index in [-0.39, 0.29) is 10.8 Å². The summed E-state index contributed by atoms with van der Waals surface area (Å²) in [5.41, 5.74) is 0.990. The van der Waals surface area contributed by atoms with E-state index in [0.717, 1.165) is 15.8 Å². The van der Waals surface area contributed by atoms with Gasteiger partial charge in [-0.2, -0.15) is 0 Å². The van der Waals surface area contributed by atoms with Crippen molar-refractivity contribution in [3.05, 3.63) is 28.2 Å². The highest BCUT2D eigenvalue weighted by Crippen LogP contribution is 2.33. The number of halogens is 1. The Balaban J connectivity index is 2.91. The van der Waals surface area contributed by atoms with Crippen molar-refractivity contribution in [1.29, 1.82) is 0 Å². The van der Waals surface area contributed by atoms with Crippen LogP contribution in [0.5, 0.6) is 5.75 Å². The Labute approximate surface area is 121 Å². The summed E-state index contributed by atoms with van der Waals surface area (Å²) in [7, 11) is 1.64.